The Labute approximate surface area is 148 Å². The predicted molar refractivity (Wildman–Crippen MR) is 92.6 cm³/mol. The van der Waals surface area contributed by atoms with E-state index >= 15 is 0 Å². The maximum atomic E-state index is 12.5. The number of cyclic esters (lactones) is 1. The Balaban J connectivity index is 1.89. The van der Waals surface area contributed by atoms with Gasteiger partial charge in [0.05, 0.1) is 18.1 Å². The SMILES string of the molecule is C=C1[C@H](O)C[C@H]2[C@@](C)(CCC(=O)[C@@]2(C)CO)[C@@H]1CCC1=CCOC1=O. The van der Waals surface area contributed by atoms with Crippen LogP contribution in [-0.4, -0.2) is 41.3 Å². The highest BCUT2D eigenvalue weighted by molar-refractivity contribution is 5.90. The molecule has 138 valence electrons. The van der Waals surface area contributed by atoms with Crippen LogP contribution in [0.3, 0.4) is 0 Å². The maximum Gasteiger partial charge on any atom is 0.334 e. The van der Waals surface area contributed by atoms with Gasteiger partial charge in [-0.15, -0.1) is 0 Å². The predicted octanol–water partition coefficient (Wildman–Crippen LogP) is 2.17. The Hall–Kier alpha value is -1.46. The highest BCUT2D eigenvalue weighted by Crippen LogP contribution is 2.60. The van der Waals surface area contributed by atoms with E-state index in [1.807, 2.05) is 13.0 Å². The molecule has 1 heterocycles. The highest BCUT2D eigenvalue weighted by Gasteiger charge is 2.59. The highest BCUT2D eigenvalue weighted by atomic mass is 16.5. The van der Waals surface area contributed by atoms with Crippen LogP contribution < -0.4 is 0 Å². The van der Waals surface area contributed by atoms with E-state index in [1.165, 1.54) is 0 Å². The molecule has 2 fully saturated rings. The molecule has 0 aromatic heterocycles. The summed E-state index contributed by atoms with van der Waals surface area (Å²) in [5, 5.41) is 20.5. The lowest BCUT2D eigenvalue weighted by molar-refractivity contribution is -0.156. The Morgan fingerprint density at radius 2 is 2.08 bits per heavy atom. The first kappa shape index (κ1) is 18.3. The normalized spacial score (nSPS) is 41.4. The molecule has 25 heavy (non-hydrogen) atoms. The minimum atomic E-state index is -0.821. The summed E-state index contributed by atoms with van der Waals surface area (Å²) in [6.45, 7) is 8.25. The second-order valence-electron chi connectivity index (χ2n) is 8.30. The van der Waals surface area contributed by atoms with E-state index < -0.39 is 11.5 Å². The van der Waals surface area contributed by atoms with Crippen molar-refractivity contribution < 1.29 is 24.5 Å². The van der Waals surface area contributed by atoms with Gasteiger partial charge in [-0.05, 0) is 54.6 Å². The molecular formula is C20H28O5. The van der Waals surface area contributed by atoms with Crippen LogP contribution in [0.5, 0.6) is 0 Å². The lowest BCUT2D eigenvalue weighted by Gasteiger charge is -2.58. The van der Waals surface area contributed by atoms with Gasteiger partial charge in [0, 0.05) is 12.0 Å². The van der Waals surface area contributed by atoms with Crippen LogP contribution in [0.15, 0.2) is 23.8 Å². The first-order valence-electron chi connectivity index (χ1n) is 9.11. The smallest absolute Gasteiger partial charge is 0.334 e. The first-order chi connectivity index (χ1) is 11.7. The third-order valence-corrected chi connectivity index (χ3v) is 7.06. The zero-order valence-electron chi connectivity index (χ0n) is 15.1. The number of carbonyl (C=O) groups excluding carboxylic acids is 2. The fraction of sp³-hybridized carbons (Fsp3) is 0.700. The molecule has 0 unspecified atom stereocenters. The van der Waals surface area contributed by atoms with Gasteiger partial charge in [-0.25, -0.2) is 4.79 Å². The average molecular weight is 348 g/mol. The third kappa shape index (κ3) is 2.77. The molecule has 5 atom stereocenters. The lowest BCUT2D eigenvalue weighted by atomic mass is 9.46. The molecule has 3 rings (SSSR count). The number of hydrogen-bond donors (Lipinski definition) is 2. The lowest BCUT2D eigenvalue weighted by Crippen LogP contribution is -2.58. The van der Waals surface area contributed by atoms with E-state index in [2.05, 4.69) is 13.5 Å². The monoisotopic (exact) mass is 348 g/mol. The molecule has 0 amide bonds. The summed E-state index contributed by atoms with van der Waals surface area (Å²) in [6.07, 6.45) is 4.04. The van der Waals surface area contributed by atoms with Crippen molar-refractivity contribution >= 4 is 11.8 Å². The largest absolute Gasteiger partial charge is 0.458 e. The van der Waals surface area contributed by atoms with Crippen molar-refractivity contribution in [3.63, 3.8) is 0 Å². The van der Waals surface area contributed by atoms with Crippen LogP contribution in [0, 0.1) is 22.7 Å². The van der Waals surface area contributed by atoms with Gasteiger partial charge >= 0.3 is 5.97 Å². The zero-order chi connectivity index (χ0) is 18.4. The fourth-order valence-corrected chi connectivity index (χ4v) is 5.35. The summed E-state index contributed by atoms with van der Waals surface area (Å²) < 4.78 is 4.97. The summed E-state index contributed by atoms with van der Waals surface area (Å²) in [6, 6.07) is 0. The van der Waals surface area contributed by atoms with Crippen molar-refractivity contribution in [1.82, 2.24) is 0 Å². The van der Waals surface area contributed by atoms with E-state index in [1.54, 1.807) is 0 Å². The second-order valence-corrected chi connectivity index (χ2v) is 8.30. The number of aliphatic hydroxyl groups is 2. The van der Waals surface area contributed by atoms with Crippen LogP contribution >= 0.6 is 0 Å². The number of esters is 1. The van der Waals surface area contributed by atoms with Gasteiger partial charge in [-0.3, -0.25) is 4.79 Å². The molecule has 0 bridgehead atoms. The molecule has 2 N–H and O–H groups in total. The number of ether oxygens (including phenoxy) is 1. The number of Topliss-reactive ketones (excluding diaryl/α,β-unsaturated/α-hetero) is 1. The average Bonchev–Trinajstić information content (AvgIpc) is 2.99. The number of rotatable bonds is 4. The van der Waals surface area contributed by atoms with Crippen molar-refractivity contribution in [3.05, 3.63) is 23.8 Å². The van der Waals surface area contributed by atoms with Crippen LogP contribution in [0.2, 0.25) is 0 Å². The molecule has 2 aliphatic carbocycles. The Morgan fingerprint density at radius 3 is 2.68 bits per heavy atom. The van der Waals surface area contributed by atoms with E-state index in [4.69, 9.17) is 4.74 Å². The summed E-state index contributed by atoms with van der Waals surface area (Å²) >= 11 is 0. The quantitative estimate of drug-likeness (QED) is 0.601. The van der Waals surface area contributed by atoms with Crippen molar-refractivity contribution in [2.75, 3.05) is 13.2 Å². The van der Waals surface area contributed by atoms with Gasteiger partial charge < -0.3 is 14.9 Å². The Morgan fingerprint density at radius 1 is 1.36 bits per heavy atom. The first-order valence-corrected chi connectivity index (χ1v) is 9.11. The van der Waals surface area contributed by atoms with Crippen molar-refractivity contribution in [1.29, 1.82) is 0 Å². The van der Waals surface area contributed by atoms with E-state index in [-0.39, 0.29) is 35.6 Å². The summed E-state index contributed by atoms with van der Waals surface area (Å²) in [5.74, 6) is -0.267. The zero-order valence-corrected chi connectivity index (χ0v) is 15.1. The molecular weight excluding hydrogens is 320 g/mol. The van der Waals surface area contributed by atoms with Crippen LogP contribution in [0.25, 0.3) is 0 Å². The maximum absolute atomic E-state index is 12.5. The molecule has 0 aromatic rings. The number of aliphatic hydroxyl groups excluding tert-OH is 2. The molecule has 0 saturated heterocycles. The second kappa shape index (κ2) is 6.36. The van der Waals surface area contributed by atoms with Gasteiger partial charge in [0.25, 0.3) is 0 Å². The van der Waals surface area contributed by atoms with Gasteiger partial charge in [0.2, 0.25) is 0 Å². The standard InChI is InChI=1S/C20H28O5/c1-12-14(5-4-13-7-9-25-18(13)24)19(2)8-6-17(23)20(3,11-21)16(19)10-15(12)22/h7,14-16,21-22H,1,4-6,8-11H2,2-3H3/t14-,15-,16+,19+,20+/m1/s1. The molecule has 0 radical (unpaired) electrons. The Kier molecular flexibility index (Phi) is 4.67. The number of ketones is 1. The molecule has 0 aromatic carbocycles. The number of carbonyl (C=O) groups is 2. The number of fused-ring (bicyclic) bond motifs is 1. The Bertz CT molecular complexity index is 636. The molecule has 0 spiro atoms. The van der Waals surface area contributed by atoms with Gasteiger partial charge in [-0.2, -0.15) is 0 Å². The topological polar surface area (TPSA) is 83.8 Å². The summed E-state index contributed by atoms with van der Waals surface area (Å²) in [4.78, 5) is 24.2. The van der Waals surface area contributed by atoms with Crippen LogP contribution in [0.4, 0.5) is 0 Å². The van der Waals surface area contributed by atoms with Gasteiger partial charge in [0.1, 0.15) is 12.4 Å². The molecule has 5 nitrogen and oxygen atoms in total. The van der Waals surface area contributed by atoms with Crippen LogP contribution in [0.1, 0.15) is 46.0 Å². The summed E-state index contributed by atoms with van der Waals surface area (Å²) in [5.41, 5.74) is 0.439. The minimum Gasteiger partial charge on any atom is -0.458 e. The summed E-state index contributed by atoms with van der Waals surface area (Å²) in [7, 11) is 0. The van der Waals surface area contributed by atoms with Gasteiger partial charge in [0.15, 0.2) is 0 Å². The van der Waals surface area contributed by atoms with Crippen molar-refractivity contribution in [2.24, 2.45) is 22.7 Å². The van der Waals surface area contributed by atoms with Crippen molar-refractivity contribution in [3.8, 4) is 0 Å². The van der Waals surface area contributed by atoms with E-state index in [0.717, 1.165) is 12.0 Å². The molecule has 2 saturated carbocycles. The molecule has 3 aliphatic rings. The van der Waals surface area contributed by atoms with E-state index in [0.29, 0.717) is 37.9 Å². The third-order valence-electron chi connectivity index (χ3n) is 7.06. The van der Waals surface area contributed by atoms with Crippen LogP contribution in [-0.2, 0) is 14.3 Å². The van der Waals surface area contributed by atoms with Crippen molar-refractivity contribution in [2.45, 2.75) is 52.1 Å². The van der Waals surface area contributed by atoms with E-state index in [9.17, 15) is 19.8 Å². The fourth-order valence-electron chi connectivity index (χ4n) is 5.35. The molecule has 1 aliphatic heterocycles. The van der Waals surface area contributed by atoms with Gasteiger partial charge in [-0.1, -0.05) is 20.4 Å². The minimum absolute atomic E-state index is 0.00882. The number of hydrogen-bond acceptors (Lipinski definition) is 5. The molecule has 5 heteroatoms.